The van der Waals surface area contributed by atoms with Crippen LogP contribution in [0.3, 0.4) is 0 Å². The molecule has 2 rings (SSSR count). The third kappa shape index (κ3) is 2.91. The quantitative estimate of drug-likeness (QED) is 0.892. The van der Waals surface area contributed by atoms with Gasteiger partial charge in [0.1, 0.15) is 5.69 Å². The molecule has 1 aromatic rings. The van der Waals surface area contributed by atoms with Gasteiger partial charge in [-0.1, -0.05) is 11.6 Å². The van der Waals surface area contributed by atoms with Gasteiger partial charge in [0.25, 0.3) is 5.56 Å². The predicted octanol–water partition coefficient (Wildman–Crippen LogP) is 1.81. The van der Waals surface area contributed by atoms with E-state index < -0.39 is 0 Å². The van der Waals surface area contributed by atoms with Gasteiger partial charge in [-0.05, 0) is 18.9 Å². The van der Waals surface area contributed by atoms with Crippen LogP contribution in [0.4, 0.5) is 5.69 Å². The van der Waals surface area contributed by atoms with Gasteiger partial charge in [-0.15, -0.1) is 0 Å². The lowest BCUT2D eigenvalue weighted by Gasteiger charge is -2.24. The molecule has 1 aliphatic heterocycles. The highest BCUT2D eigenvalue weighted by Crippen LogP contribution is 2.22. The summed E-state index contributed by atoms with van der Waals surface area (Å²) in [4.78, 5) is 23.2. The molecule has 1 fully saturated rings. The number of ether oxygens (including phenoxy) is 1. The Morgan fingerprint density at radius 2 is 2.17 bits per heavy atom. The van der Waals surface area contributed by atoms with E-state index in [0.717, 1.165) is 12.8 Å². The van der Waals surface area contributed by atoms with Crippen LogP contribution in [-0.4, -0.2) is 23.7 Å². The number of rotatable bonds is 2. The number of amides is 1. The van der Waals surface area contributed by atoms with Crippen LogP contribution in [0, 0.1) is 0 Å². The fourth-order valence-electron chi connectivity index (χ4n) is 2.08. The first-order chi connectivity index (χ1) is 8.58. The van der Waals surface area contributed by atoms with Crippen molar-refractivity contribution in [2.75, 3.05) is 18.5 Å². The molecule has 1 aromatic heterocycles. The maximum atomic E-state index is 12.2. The van der Waals surface area contributed by atoms with Crippen LogP contribution in [0.15, 0.2) is 17.1 Å². The molecule has 5 nitrogen and oxygen atoms in total. The number of aromatic nitrogens is 1. The second-order valence-corrected chi connectivity index (χ2v) is 4.75. The van der Waals surface area contributed by atoms with Gasteiger partial charge in [-0.3, -0.25) is 9.59 Å². The van der Waals surface area contributed by atoms with Crippen LogP contribution in [0.1, 0.15) is 25.8 Å². The molecule has 1 N–H and O–H groups in total. The first-order valence-electron chi connectivity index (χ1n) is 5.85. The molecule has 1 saturated heterocycles. The molecule has 6 heteroatoms. The van der Waals surface area contributed by atoms with Crippen molar-refractivity contribution in [2.45, 2.75) is 25.8 Å². The SMILES string of the molecule is CC(=O)Nc1cc(Cl)cn(C2CCOCC2)c1=O. The van der Waals surface area contributed by atoms with E-state index in [9.17, 15) is 9.59 Å². The number of nitrogens with zero attached hydrogens (tertiary/aromatic N) is 1. The summed E-state index contributed by atoms with van der Waals surface area (Å²) in [6.45, 7) is 2.64. The van der Waals surface area contributed by atoms with E-state index >= 15 is 0 Å². The number of carbonyl (C=O) groups excluding carboxylic acids is 1. The monoisotopic (exact) mass is 270 g/mol. The molecule has 0 radical (unpaired) electrons. The zero-order chi connectivity index (χ0) is 13.1. The van der Waals surface area contributed by atoms with Gasteiger partial charge in [-0.25, -0.2) is 0 Å². The summed E-state index contributed by atoms with van der Waals surface area (Å²) in [7, 11) is 0. The Balaban J connectivity index is 2.37. The molecule has 1 aliphatic rings. The van der Waals surface area contributed by atoms with Crippen molar-refractivity contribution in [3.05, 3.63) is 27.6 Å². The van der Waals surface area contributed by atoms with Gasteiger partial charge in [0.2, 0.25) is 5.91 Å². The molecule has 0 unspecified atom stereocenters. The Labute approximate surface area is 110 Å². The summed E-state index contributed by atoms with van der Waals surface area (Å²) in [6, 6.07) is 1.55. The molecule has 0 saturated carbocycles. The summed E-state index contributed by atoms with van der Waals surface area (Å²) in [5, 5.41) is 2.94. The molecule has 98 valence electrons. The maximum absolute atomic E-state index is 12.2. The smallest absolute Gasteiger partial charge is 0.274 e. The van der Waals surface area contributed by atoms with E-state index in [4.69, 9.17) is 16.3 Å². The van der Waals surface area contributed by atoms with E-state index in [-0.39, 0.29) is 23.2 Å². The average Bonchev–Trinajstić information content (AvgIpc) is 2.34. The van der Waals surface area contributed by atoms with E-state index in [1.165, 1.54) is 13.0 Å². The highest BCUT2D eigenvalue weighted by atomic mass is 35.5. The van der Waals surface area contributed by atoms with Gasteiger partial charge in [-0.2, -0.15) is 0 Å². The third-order valence-electron chi connectivity index (χ3n) is 2.90. The molecule has 0 atom stereocenters. The first-order valence-corrected chi connectivity index (χ1v) is 6.23. The van der Waals surface area contributed by atoms with Crippen molar-refractivity contribution in [1.82, 2.24) is 4.57 Å². The summed E-state index contributed by atoms with van der Waals surface area (Å²) >= 11 is 5.98. The van der Waals surface area contributed by atoms with Crippen LogP contribution in [0.25, 0.3) is 0 Å². The Morgan fingerprint density at radius 1 is 1.50 bits per heavy atom. The zero-order valence-electron chi connectivity index (χ0n) is 10.1. The average molecular weight is 271 g/mol. The minimum atomic E-state index is -0.284. The van der Waals surface area contributed by atoms with Gasteiger partial charge in [0.15, 0.2) is 0 Å². The Hall–Kier alpha value is -1.33. The van der Waals surface area contributed by atoms with Gasteiger partial charge in [0, 0.05) is 32.4 Å². The molecule has 1 amide bonds. The number of pyridine rings is 1. The molecule has 18 heavy (non-hydrogen) atoms. The molecular weight excluding hydrogens is 256 g/mol. The van der Waals surface area contributed by atoms with Crippen LogP contribution < -0.4 is 10.9 Å². The fraction of sp³-hybridized carbons (Fsp3) is 0.500. The summed E-state index contributed by atoms with van der Waals surface area (Å²) < 4.78 is 6.86. The molecule has 0 spiro atoms. The molecule has 0 aromatic carbocycles. The van der Waals surface area contributed by atoms with Gasteiger partial charge < -0.3 is 14.6 Å². The lowest BCUT2D eigenvalue weighted by atomic mass is 10.1. The summed E-state index contributed by atoms with van der Waals surface area (Å²) in [5.74, 6) is -0.284. The zero-order valence-corrected chi connectivity index (χ0v) is 10.9. The second-order valence-electron chi connectivity index (χ2n) is 4.31. The predicted molar refractivity (Wildman–Crippen MR) is 69.1 cm³/mol. The second kappa shape index (κ2) is 5.54. The lowest BCUT2D eigenvalue weighted by Crippen LogP contribution is -2.31. The van der Waals surface area contributed by atoms with E-state index in [2.05, 4.69) is 5.32 Å². The summed E-state index contributed by atoms with van der Waals surface area (Å²) in [6.07, 6.45) is 3.17. The first kappa shape index (κ1) is 13.1. The normalized spacial score (nSPS) is 16.6. The minimum Gasteiger partial charge on any atom is -0.381 e. The minimum absolute atomic E-state index is 0.0810. The number of carbonyl (C=O) groups is 1. The molecule has 0 aliphatic carbocycles. The van der Waals surface area contributed by atoms with E-state index in [1.54, 1.807) is 10.8 Å². The van der Waals surface area contributed by atoms with Crippen LogP contribution >= 0.6 is 11.6 Å². The number of halogens is 1. The highest BCUT2D eigenvalue weighted by molar-refractivity contribution is 6.30. The van der Waals surface area contributed by atoms with Crippen molar-refractivity contribution >= 4 is 23.2 Å². The van der Waals surface area contributed by atoms with Crippen molar-refractivity contribution in [3.63, 3.8) is 0 Å². The van der Waals surface area contributed by atoms with Crippen molar-refractivity contribution < 1.29 is 9.53 Å². The maximum Gasteiger partial charge on any atom is 0.274 e. The van der Waals surface area contributed by atoms with Crippen molar-refractivity contribution in [1.29, 1.82) is 0 Å². The standard InChI is InChI=1S/C12H15ClN2O3/c1-8(16)14-11-6-9(13)7-15(12(11)17)10-2-4-18-5-3-10/h6-7,10H,2-5H2,1H3,(H,14,16). The van der Waals surface area contributed by atoms with E-state index in [1.807, 2.05) is 0 Å². The fourth-order valence-corrected chi connectivity index (χ4v) is 2.30. The van der Waals surface area contributed by atoms with Gasteiger partial charge >= 0.3 is 0 Å². The van der Waals surface area contributed by atoms with E-state index in [0.29, 0.717) is 18.2 Å². The number of hydrogen-bond donors (Lipinski definition) is 1. The lowest BCUT2D eigenvalue weighted by molar-refractivity contribution is -0.114. The Morgan fingerprint density at radius 3 is 2.78 bits per heavy atom. The number of nitrogens with one attached hydrogen (secondary N) is 1. The molecular formula is C12H15ClN2O3. The van der Waals surface area contributed by atoms with Crippen molar-refractivity contribution in [2.24, 2.45) is 0 Å². The van der Waals surface area contributed by atoms with Crippen LogP contribution in [-0.2, 0) is 9.53 Å². The third-order valence-corrected chi connectivity index (χ3v) is 3.11. The van der Waals surface area contributed by atoms with Crippen LogP contribution in [0.5, 0.6) is 0 Å². The Kier molecular flexibility index (Phi) is 4.04. The number of hydrogen-bond acceptors (Lipinski definition) is 3. The molecule has 0 bridgehead atoms. The highest BCUT2D eigenvalue weighted by Gasteiger charge is 2.18. The largest absolute Gasteiger partial charge is 0.381 e. The van der Waals surface area contributed by atoms with Gasteiger partial charge in [0.05, 0.1) is 5.02 Å². The number of anilines is 1. The van der Waals surface area contributed by atoms with Crippen LogP contribution in [0.2, 0.25) is 5.02 Å². The summed E-state index contributed by atoms with van der Waals surface area (Å²) in [5.41, 5.74) is 0.00277. The Bertz CT molecular complexity index is 507. The van der Waals surface area contributed by atoms with Crippen molar-refractivity contribution in [3.8, 4) is 0 Å². The molecule has 2 heterocycles. The topological polar surface area (TPSA) is 60.3 Å².